The van der Waals surface area contributed by atoms with E-state index in [0.29, 0.717) is 13.0 Å². The number of aromatic nitrogens is 2. The predicted molar refractivity (Wildman–Crippen MR) is 72.1 cm³/mol. The van der Waals surface area contributed by atoms with E-state index in [-0.39, 0.29) is 11.8 Å². The molecule has 0 aromatic carbocycles. The first-order chi connectivity index (χ1) is 8.54. The number of hydrogen-bond donors (Lipinski definition) is 1. The van der Waals surface area contributed by atoms with Gasteiger partial charge < -0.3 is 10.6 Å². The summed E-state index contributed by atoms with van der Waals surface area (Å²) in [5, 5.41) is 4.20. The Bertz CT molecular complexity index is 396. The number of rotatable bonds is 6. The summed E-state index contributed by atoms with van der Waals surface area (Å²) < 4.78 is 1.82. The van der Waals surface area contributed by atoms with Crippen molar-refractivity contribution in [3.63, 3.8) is 0 Å². The lowest BCUT2D eigenvalue weighted by molar-refractivity contribution is -0.134. The number of carbonyl (C=O) groups excluding carboxylic acids is 1. The SMILES string of the molecule is CCN(CC)C(=O)C(CN)Cc1cnn(C)c1C. The molecule has 1 heterocycles. The summed E-state index contributed by atoms with van der Waals surface area (Å²) in [7, 11) is 1.91. The van der Waals surface area contributed by atoms with Crippen LogP contribution in [-0.4, -0.2) is 40.2 Å². The first-order valence-electron chi connectivity index (χ1n) is 6.51. The number of amides is 1. The van der Waals surface area contributed by atoms with E-state index in [4.69, 9.17) is 5.73 Å². The van der Waals surface area contributed by atoms with Gasteiger partial charge in [0.05, 0.1) is 12.1 Å². The van der Waals surface area contributed by atoms with E-state index in [0.717, 1.165) is 24.3 Å². The molecule has 1 rings (SSSR count). The van der Waals surface area contributed by atoms with Crippen LogP contribution in [0.1, 0.15) is 25.1 Å². The fraction of sp³-hybridized carbons (Fsp3) is 0.692. The van der Waals surface area contributed by atoms with Crippen molar-refractivity contribution in [1.82, 2.24) is 14.7 Å². The van der Waals surface area contributed by atoms with Gasteiger partial charge in [0.2, 0.25) is 5.91 Å². The van der Waals surface area contributed by atoms with Crippen molar-refractivity contribution in [2.45, 2.75) is 27.2 Å². The lowest BCUT2D eigenvalue weighted by Crippen LogP contribution is -2.40. The summed E-state index contributed by atoms with van der Waals surface area (Å²) in [5.74, 6) is -0.00134. The minimum Gasteiger partial charge on any atom is -0.343 e. The van der Waals surface area contributed by atoms with Gasteiger partial charge in [0.1, 0.15) is 0 Å². The molecule has 1 aromatic heterocycles. The van der Waals surface area contributed by atoms with Crippen LogP contribution in [0, 0.1) is 12.8 Å². The van der Waals surface area contributed by atoms with Crippen molar-refractivity contribution in [2.75, 3.05) is 19.6 Å². The fourth-order valence-electron chi connectivity index (χ4n) is 2.07. The lowest BCUT2D eigenvalue weighted by Gasteiger charge is -2.24. The van der Waals surface area contributed by atoms with E-state index in [2.05, 4.69) is 5.10 Å². The minimum atomic E-state index is -0.146. The second-order valence-electron chi connectivity index (χ2n) is 4.53. The summed E-state index contributed by atoms with van der Waals surface area (Å²) in [6.45, 7) is 7.84. The summed E-state index contributed by atoms with van der Waals surface area (Å²) >= 11 is 0. The Morgan fingerprint density at radius 3 is 2.50 bits per heavy atom. The van der Waals surface area contributed by atoms with E-state index in [1.165, 1.54) is 0 Å². The van der Waals surface area contributed by atoms with Crippen molar-refractivity contribution in [3.05, 3.63) is 17.5 Å². The first-order valence-corrected chi connectivity index (χ1v) is 6.51. The van der Waals surface area contributed by atoms with Crippen LogP contribution in [-0.2, 0) is 18.3 Å². The van der Waals surface area contributed by atoms with Crippen molar-refractivity contribution in [2.24, 2.45) is 18.7 Å². The fourth-order valence-corrected chi connectivity index (χ4v) is 2.07. The molecule has 1 atom stereocenters. The third-order valence-corrected chi connectivity index (χ3v) is 3.51. The molecule has 0 fully saturated rings. The maximum atomic E-state index is 12.3. The molecule has 2 N–H and O–H groups in total. The van der Waals surface area contributed by atoms with Gasteiger partial charge in [-0.15, -0.1) is 0 Å². The summed E-state index contributed by atoms with van der Waals surface area (Å²) in [6, 6.07) is 0. The van der Waals surface area contributed by atoms with Gasteiger partial charge in [-0.3, -0.25) is 9.48 Å². The molecule has 1 unspecified atom stereocenters. The molecule has 1 amide bonds. The largest absolute Gasteiger partial charge is 0.343 e. The number of carbonyl (C=O) groups is 1. The van der Waals surface area contributed by atoms with Crippen molar-refractivity contribution in [3.8, 4) is 0 Å². The van der Waals surface area contributed by atoms with Gasteiger partial charge in [-0.25, -0.2) is 0 Å². The Kier molecular flexibility index (Phi) is 5.34. The molecule has 0 bridgehead atoms. The zero-order valence-corrected chi connectivity index (χ0v) is 11.8. The van der Waals surface area contributed by atoms with Crippen LogP contribution in [0.25, 0.3) is 0 Å². The molecule has 5 heteroatoms. The molecular formula is C13H24N4O. The van der Waals surface area contributed by atoms with E-state index in [1.54, 1.807) is 0 Å². The van der Waals surface area contributed by atoms with Gasteiger partial charge in [0, 0.05) is 32.4 Å². The number of nitrogens with zero attached hydrogens (tertiary/aromatic N) is 3. The van der Waals surface area contributed by atoms with E-state index < -0.39 is 0 Å². The number of hydrogen-bond acceptors (Lipinski definition) is 3. The third-order valence-electron chi connectivity index (χ3n) is 3.51. The second kappa shape index (κ2) is 6.54. The van der Waals surface area contributed by atoms with Crippen LogP contribution in [0.4, 0.5) is 0 Å². The highest BCUT2D eigenvalue weighted by Crippen LogP contribution is 2.14. The van der Waals surface area contributed by atoms with Crippen LogP contribution < -0.4 is 5.73 Å². The molecule has 1 aromatic rings. The summed E-state index contributed by atoms with van der Waals surface area (Å²) in [4.78, 5) is 14.1. The topological polar surface area (TPSA) is 64.2 Å². The summed E-state index contributed by atoms with van der Waals surface area (Å²) in [5.41, 5.74) is 7.95. The summed E-state index contributed by atoms with van der Waals surface area (Å²) in [6.07, 6.45) is 2.50. The molecule has 5 nitrogen and oxygen atoms in total. The molecule has 18 heavy (non-hydrogen) atoms. The average molecular weight is 252 g/mol. The second-order valence-corrected chi connectivity index (χ2v) is 4.53. The Hall–Kier alpha value is -1.36. The number of nitrogens with two attached hydrogens (primary N) is 1. The highest BCUT2D eigenvalue weighted by Gasteiger charge is 2.22. The van der Waals surface area contributed by atoms with Crippen molar-refractivity contribution in [1.29, 1.82) is 0 Å². The third kappa shape index (κ3) is 3.10. The molecular weight excluding hydrogens is 228 g/mol. The molecule has 102 valence electrons. The van der Waals surface area contributed by atoms with Gasteiger partial charge >= 0.3 is 0 Å². The Balaban J connectivity index is 2.79. The van der Waals surface area contributed by atoms with Gasteiger partial charge in [-0.05, 0) is 32.8 Å². The monoisotopic (exact) mass is 252 g/mol. The van der Waals surface area contributed by atoms with E-state index in [9.17, 15) is 4.79 Å². The smallest absolute Gasteiger partial charge is 0.227 e. The Labute approximate surface area is 109 Å². The standard InChI is InChI=1S/C13H24N4O/c1-5-17(6-2)13(18)11(8-14)7-12-9-15-16(4)10(12)3/h9,11H,5-8,14H2,1-4H3. The minimum absolute atomic E-state index is 0.144. The van der Waals surface area contributed by atoms with Crippen LogP contribution >= 0.6 is 0 Å². The van der Waals surface area contributed by atoms with E-state index in [1.807, 2.05) is 43.6 Å². The van der Waals surface area contributed by atoms with Gasteiger partial charge in [-0.2, -0.15) is 5.10 Å². The molecule has 0 aliphatic rings. The van der Waals surface area contributed by atoms with Crippen LogP contribution in [0.2, 0.25) is 0 Å². The van der Waals surface area contributed by atoms with Gasteiger partial charge in [0.25, 0.3) is 0 Å². The highest BCUT2D eigenvalue weighted by atomic mass is 16.2. The molecule has 0 radical (unpaired) electrons. The van der Waals surface area contributed by atoms with Gasteiger partial charge in [-0.1, -0.05) is 0 Å². The molecule has 0 spiro atoms. The van der Waals surface area contributed by atoms with Crippen LogP contribution in [0.3, 0.4) is 0 Å². The lowest BCUT2D eigenvalue weighted by atomic mass is 9.98. The molecule has 0 aliphatic heterocycles. The van der Waals surface area contributed by atoms with E-state index >= 15 is 0 Å². The first kappa shape index (κ1) is 14.7. The van der Waals surface area contributed by atoms with Crippen LogP contribution in [0.15, 0.2) is 6.20 Å². The predicted octanol–water partition coefficient (Wildman–Crippen LogP) is 0.714. The van der Waals surface area contributed by atoms with Crippen molar-refractivity contribution >= 4 is 5.91 Å². The highest BCUT2D eigenvalue weighted by molar-refractivity contribution is 5.79. The average Bonchev–Trinajstić information content (AvgIpc) is 2.68. The zero-order valence-electron chi connectivity index (χ0n) is 11.8. The zero-order chi connectivity index (χ0) is 13.7. The maximum Gasteiger partial charge on any atom is 0.227 e. The van der Waals surface area contributed by atoms with Crippen molar-refractivity contribution < 1.29 is 4.79 Å². The quantitative estimate of drug-likeness (QED) is 0.811. The van der Waals surface area contributed by atoms with Gasteiger partial charge in [0.15, 0.2) is 0 Å². The Morgan fingerprint density at radius 2 is 2.11 bits per heavy atom. The Morgan fingerprint density at radius 1 is 1.50 bits per heavy atom. The maximum absolute atomic E-state index is 12.3. The molecule has 0 saturated carbocycles. The normalized spacial score (nSPS) is 12.5. The number of aryl methyl sites for hydroxylation is 1. The molecule has 0 aliphatic carbocycles. The molecule has 0 saturated heterocycles. The van der Waals surface area contributed by atoms with Crippen LogP contribution in [0.5, 0.6) is 0 Å².